The van der Waals surface area contributed by atoms with E-state index in [4.69, 9.17) is 14.7 Å². The molecule has 8 heteroatoms. The van der Waals surface area contributed by atoms with Gasteiger partial charge in [-0.1, -0.05) is 6.07 Å². The maximum atomic E-state index is 9.79. The minimum Gasteiger partial charge on any atom is -0.321 e. The molecule has 0 aliphatic heterocycles. The van der Waals surface area contributed by atoms with E-state index in [0.29, 0.717) is 0 Å². The summed E-state index contributed by atoms with van der Waals surface area (Å²) in [6, 6.07) is 5.72. The van der Waals surface area contributed by atoms with Crippen LogP contribution in [0.1, 0.15) is 0 Å². The number of aromatic nitrogens is 1. The molecule has 1 unspecified atom stereocenters. The predicted octanol–water partition coefficient (Wildman–Crippen LogP) is 0.938. The van der Waals surface area contributed by atoms with Crippen molar-refractivity contribution in [3.8, 4) is 0 Å². The zero-order valence-corrected chi connectivity index (χ0v) is 8.88. The topological polar surface area (TPSA) is 108 Å². The van der Waals surface area contributed by atoms with E-state index in [0.717, 1.165) is 0 Å². The fourth-order valence-corrected chi connectivity index (χ4v) is 1.73. The van der Waals surface area contributed by atoms with Gasteiger partial charge in [0.15, 0.2) is 0 Å². The molecule has 0 aliphatic carbocycles. The Bertz CT molecular complexity index is 285. The highest BCUT2D eigenvalue weighted by atomic mass is 31.2. The van der Waals surface area contributed by atoms with Gasteiger partial charge in [-0.2, -0.15) is 4.89 Å². The van der Waals surface area contributed by atoms with Crippen LogP contribution in [0.25, 0.3) is 0 Å². The van der Waals surface area contributed by atoms with Crippen molar-refractivity contribution in [3.63, 3.8) is 0 Å². The van der Waals surface area contributed by atoms with Gasteiger partial charge in [-0.15, -0.1) is 0 Å². The van der Waals surface area contributed by atoms with Crippen molar-refractivity contribution >= 4 is 15.6 Å². The molecule has 14 heavy (non-hydrogen) atoms. The lowest BCUT2D eigenvalue weighted by Gasteiger charge is -1.88. The molecule has 1 aromatic heterocycles. The van der Waals surface area contributed by atoms with Gasteiger partial charge in [-0.25, -0.2) is 0 Å². The van der Waals surface area contributed by atoms with Gasteiger partial charge < -0.3 is 9.79 Å². The highest BCUT2D eigenvalue weighted by Crippen LogP contribution is 2.42. The van der Waals surface area contributed by atoms with Crippen molar-refractivity contribution in [3.05, 3.63) is 30.6 Å². The Morgan fingerprint density at radius 3 is 1.79 bits per heavy atom. The summed E-state index contributed by atoms with van der Waals surface area (Å²) in [6.45, 7) is 0. The Morgan fingerprint density at radius 2 is 1.71 bits per heavy atom. The van der Waals surface area contributed by atoms with Gasteiger partial charge in [0.2, 0.25) is 0 Å². The van der Waals surface area contributed by atoms with Crippen LogP contribution in [-0.4, -0.2) is 25.6 Å². The van der Waals surface area contributed by atoms with Gasteiger partial charge in [0.05, 0.1) is 0 Å². The first-order chi connectivity index (χ1) is 6.42. The molecule has 0 amide bonds. The Morgan fingerprint density at radius 1 is 1.21 bits per heavy atom. The van der Waals surface area contributed by atoms with Gasteiger partial charge >= 0.3 is 15.6 Å². The van der Waals surface area contributed by atoms with Crippen molar-refractivity contribution in [2.24, 2.45) is 0 Å². The van der Waals surface area contributed by atoms with Crippen LogP contribution in [0.3, 0.4) is 0 Å². The van der Waals surface area contributed by atoms with E-state index < -0.39 is 21.5 Å². The third kappa shape index (κ3) is 11.4. The second kappa shape index (κ2) is 6.76. The summed E-state index contributed by atoms with van der Waals surface area (Å²) in [5, 5.41) is 0. The van der Waals surface area contributed by atoms with Gasteiger partial charge in [0.1, 0.15) is 0 Å². The summed E-state index contributed by atoms with van der Waals surface area (Å²) < 4.78 is 19.5. The normalized spacial score (nSPS) is 11.2. The second-order valence-electron chi connectivity index (χ2n) is 2.18. The molecule has 1 heterocycles. The summed E-state index contributed by atoms with van der Waals surface area (Å²) in [7, 11) is -6.96. The van der Waals surface area contributed by atoms with Crippen LogP contribution in [0.15, 0.2) is 30.6 Å². The Hall–Kier alpha value is -0.640. The summed E-state index contributed by atoms with van der Waals surface area (Å²) in [6.07, 6.45) is 3.50. The zero-order valence-electron chi connectivity index (χ0n) is 7.09. The van der Waals surface area contributed by atoms with Gasteiger partial charge in [0, 0.05) is 12.4 Å². The Balaban J connectivity index is 0.000000249. The molecule has 0 aromatic carbocycles. The van der Waals surface area contributed by atoms with Crippen LogP contribution in [0.4, 0.5) is 0 Å². The SMILES string of the molecule is O=[P+](O)CP(=O)(O)O.c1ccncc1. The fourth-order valence-electron chi connectivity index (χ4n) is 0.470. The van der Waals surface area contributed by atoms with Gasteiger partial charge in [-0.05, 0) is 16.7 Å². The second-order valence-corrected chi connectivity index (χ2v) is 5.35. The average Bonchev–Trinajstić information content (AvgIpc) is 2.03. The van der Waals surface area contributed by atoms with E-state index in [-0.39, 0.29) is 0 Å². The fraction of sp³-hybridized carbons (Fsp3) is 0.167. The molecule has 0 aliphatic rings. The molecule has 1 aromatic rings. The van der Waals surface area contributed by atoms with E-state index in [1.807, 2.05) is 18.2 Å². The van der Waals surface area contributed by atoms with Crippen LogP contribution in [0.2, 0.25) is 0 Å². The van der Waals surface area contributed by atoms with Crippen LogP contribution in [-0.2, 0) is 9.13 Å². The largest absolute Gasteiger partial charge is 0.518 e. The molecule has 0 bridgehead atoms. The minimum atomic E-state index is -4.26. The van der Waals surface area contributed by atoms with E-state index >= 15 is 0 Å². The number of pyridine rings is 1. The highest BCUT2D eigenvalue weighted by molar-refractivity contribution is 7.64. The van der Waals surface area contributed by atoms with E-state index in [1.165, 1.54) is 0 Å². The van der Waals surface area contributed by atoms with Gasteiger partial charge in [-0.3, -0.25) is 9.55 Å². The number of hydrogen-bond donors (Lipinski definition) is 3. The minimum absolute atomic E-state index is 0.942. The first kappa shape index (κ1) is 13.4. The van der Waals surface area contributed by atoms with Crippen molar-refractivity contribution in [2.75, 3.05) is 5.90 Å². The molecule has 6 nitrogen and oxygen atoms in total. The van der Waals surface area contributed by atoms with E-state index in [2.05, 4.69) is 4.98 Å². The molecule has 0 saturated carbocycles. The molecule has 0 spiro atoms. The summed E-state index contributed by atoms with van der Waals surface area (Å²) in [5.41, 5.74) is 0. The number of hydrogen-bond acceptors (Lipinski definition) is 3. The molecule has 78 valence electrons. The number of nitrogens with zero attached hydrogens (tertiary/aromatic N) is 1. The van der Waals surface area contributed by atoms with Crippen LogP contribution in [0.5, 0.6) is 0 Å². The summed E-state index contributed by atoms with van der Waals surface area (Å²) in [4.78, 5) is 27.6. The van der Waals surface area contributed by atoms with Crippen LogP contribution >= 0.6 is 15.6 Å². The quantitative estimate of drug-likeness (QED) is 0.661. The maximum Gasteiger partial charge on any atom is 0.518 e. The lowest BCUT2D eigenvalue weighted by molar-refractivity contribution is 0.377. The van der Waals surface area contributed by atoms with Crippen molar-refractivity contribution in [1.29, 1.82) is 0 Å². The van der Waals surface area contributed by atoms with E-state index in [9.17, 15) is 9.13 Å². The Kier molecular flexibility index (Phi) is 6.45. The molecule has 3 N–H and O–H groups in total. The van der Waals surface area contributed by atoms with Gasteiger partial charge in [0.25, 0.3) is 5.90 Å². The number of rotatable bonds is 2. The smallest absolute Gasteiger partial charge is 0.321 e. The first-order valence-corrected chi connectivity index (χ1v) is 6.64. The lowest BCUT2D eigenvalue weighted by atomic mass is 10.5. The molecular formula is C6H10NO5P2+. The molecule has 0 radical (unpaired) electrons. The average molecular weight is 238 g/mol. The monoisotopic (exact) mass is 238 g/mol. The third-order valence-electron chi connectivity index (χ3n) is 0.872. The van der Waals surface area contributed by atoms with Crippen molar-refractivity contribution in [1.82, 2.24) is 4.98 Å². The van der Waals surface area contributed by atoms with Crippen molar-refractivity contribution < 1.29 is 23.8 Å². The Labute approximate surface area is 81.7 Å². The third-order valence-corrected chi connectivity index (χ3v) is 3.31. The van der Waals surface area contributed by atoms with Crippen LogP contribution in [0, 0.1) is 0 Å². The summed E-state index contributed by atoms with van der Waals surface area (Å²) in [5.74, 6) is -0.942. The zero-order chi connectivity index (χ0) is 11.0. The highest BCUT2D eigenvalue weighted by Gasteiger charge is 2.27. The molecular weight excluding hydrogens is 228 g/mol. The standard InChI is InChI=1S/C5H5N.CH4O5P2/c1-2-4-6-5-3-1;2-7(3)1-8(4,5)6/h1-5H;1H2,(H2-,2,3,4,5,6)/p+1. The molecule has 1 atom stereocenters. The van der Waals surface area contributed by atoms with Crippen molar-refractivity contribution in [2.45, 2.75) is 0 Å². The molecule has 0 saturated heterocycles. The first-order valence-electron chi connectivity index (χ1n) is 3.45. The molecule has 0 fully saturated rings. The maximum absolute atomic E-state index is 9.79. The lowest BCUT2D eigenvalue weighted by Crippen LogP contribution is -1.78. The molecule has 1 rings (SSSR count). The summed E-state index contributed by atoms with van der Waals surface area (Å²) >= 11 is 0. The van der Waals surface area contributed by atoms with Crippen LogP contribution < -0.4 is 0 Å². The predicted molar refractivity (Wildman–Crippen MR) is 51.0 cm³/mol. The van der Waals surface area contributed by atoms with E-state index in [1.54, 1.807) is 12.4 Å².